The summed E-state index contributed by atoms with van der Waals surface area (Å²) in [5.74, 6) is -0.237. The molecule has 0 aliphatic carbocycles. The second-order valence-corrected chi connectivity index (χ2v) is 3.48. The highest BCUT2D eigenvalue weighted by Gasteiger charge is 2.13. The molecular formula is C11H10N6O. The fourth-order valence-electron chi connectivity index (χ4n) is 1.50. The summed E-state index contributed by atoms with van der Waals surface area (Å²) in [6, 6.07) is 6.63. The number of nitrogen functional groups attached to an aromatic ring is 1. The van der Waals surface area contributed by atoms with Gasteiger partial charge in [-0.1, -0.05) is 0 Å². The number of hydrogen-bond donors (Lipinski definition) is 2. The van der Waals surface area contributed by atoms with E-state index in [0.29, 0.717) is 16.9 Å². The summed E-state index contributed by atoms with van der Waals surface area (Å²) in [6.45, 7) is 0. The lowest BCUT2D eigenvalue weighted by molar-refractivity contribution is 0.0963. The van der Waals surface area contributed by atoms with Crippen molar-refractivity contribution in [3.8, 4) is 11.8 Å². The Balaban J connectivity index is 2.58. The zero-order valence-electron chi connectivity index (χ0n) is 9.58. The van der Waals surface area contributed by atoms with Crippen LogP contribution in [0.4, 0.5) is 5.69 Å². The monoisotopic (exact) mass is 242 g/mol. The summed E-state index contributed by atoms with van der Waals surface area (Å²) in [4.78, 5) is 15.5. The Morgan fingerprint density at radius 3 is 2.94 bits per heavy atom. The maximum Gasteiger partial charge on any atom is 0.253 e. The van der Waals surface area contributed by atoms with Gasteiger partial charge in [-0.25, -0.2) is 9.67 Å². The molecule has 18 heavy (non-hydrogen) atoms. The Bertz CT molecular complexity index is 639. The number of carbonyl (C=O) groups is 1. The molecule has 0 unspecified atom stereocenters. The molecule has 0 saturated carbocycles. The predicted molar refractivity (Wildman–Crippen MR) is 63.9 cm³/mol. The number of nitrogens with two attached hydrogens (primary N) is 1. The average molecular weight is 242 g/mol. The molecule has 0 bridgehead atoms. The third kappa shape index (κ3) is 1.99. The molecule has 0 aliphatic rings. The van der Waals surface area contributed by atoms with E-state index in [1.165, 1.54) is 18.1 Å². The van der Waals surface area contributed by atoms with Crippen molar-refractivity contribution in [2.24, 2.45) is 0 Å². The van der Waals surface area contributed by atoms with Crippen LogP contribution >= 0.6 is 0 Å². The first kappa shape index (κ1) is 11.6. The van der Waals surface area contributed by atoms with Crippen LogP contribution in [0.25, 0.3) is 5.69 Å². The number of aromatic nitrogens is 3. The van der Waals surface area contributed by atoms with Gasteiger partial charge in [-0.15, -0.1) is 5.10 Å². The van der Waals surface area contributed by atoms with Gasteiger partial charge >= 0.3 is 0 Å². The Morgan fingerprint density at radius 1 is 1.56 bits per heavy atom. The van der Waals surface area contributed by atoms with Crippen molar-refractivity contribution < 1.29 is 4.79 Å². The Kier molecular flexibility index (Phi) is 2.93. The van der Waals surface area contributed by atoms with Crippen LogP contribution in [0.15, 0.2) is 24.5 Å². The highest BCUT2D eigenvalue weighted by molar-refractivity contribution is 5.98. The van der Waals surface area contributed by atoms with Crippen LogP contribution in [0.2, 0.25) is 0 Å². The average Bonchev–Trinajstić information content (AvgIpc) is 2.86. The van der Waals surface area contributed by atoms with Crippen molar-refractivity contribution in [3.63, 3.8) is 0 Å². The minimum absolute atomic E-state index is 0.0280. The van der Waals surface area contributed by atoms with Crippen molar-refractivity contribution in [2.75, 3.05) is 12.8 Å². The maximum absolute atomic E-state index is 11.7. The second kappa shape index (κ2) is 4.55. The van der Waals surface area contributed by atoms with Gasteiger partial charge in [-0.05, 0) is 18.2 Å². The number of rotatable bonds is 2. The summed E-state index contributed by atoms with van der Waals surface area (Å²) >= 11 is 0. The third-order valence-electron chi connectivity index (χ3n) is 2.33. The molecule has 0 fully saturated rings. The van der Waals surface area contributed by atoms with Gasteiger partial charge in [0.1, 0.15) is 12.4 Å². The Hall–Kier alpha value is -2.88. The standard InChI is InChI=1S/C11H10N6O/c1-14-11(18)8-3-2-7(13)4-9(8)17-6-15-10(5-12)16-17/h2-4,6H,13H2,1H3,(H,14,18). The van der Waals surface area contributed by atoms with Gasteiger partial charge in [0.15, 0.2) is 0 Å². The fraction of sp³-hybridized carbons (Fsp3) is 0.0909. The van der Waals surface area contributed by atoms with Crippen LogP contribution in [0.1, 0.15) is 16.2 Å². The van der Waals surface area contributed by atoms with Crippen LogP contribution in [0.3, 0.4) is 0 Å². The van der Waals surface area contributed by atoms with Crippen molar-refractivity contribution in [3.05, 3.63) is 35.9 Å². The molecule has 2 aromatic rings. The minimum Gasteiger partial charge on any atom is -0.399 e. The van der Waals surface area contributed by atoms with Crippen LogP contribution in [0.5, 0.6) is 0 Å². The second-order valence-electron chi connectivity index (χ2n) is 3.48. The van der Waals surface area contributed by atoms with Crippen molar-refractivity contribution in [1.82, 2.24) is 20.1 Å². The van der Waals surface area contributed by atoms with Crippen LogP contribution < -0.4 is 11.1 Å². The van der Waals surface area contributed by atoms with E-state index in [1.807, 2.05) is 6.07 Å². The van der Waals surface area contributed by atoms with E-state index in [0.717, 1.165) is 0 Å². The largest absolute Gasteiger partial charge is 0.399 e. The molecule has 1 aromatic heterocycles. The SMILES string of the molecule is CNC(=O)c1ccc(N)cc1-n1cnc(C#N)n1. The molecule has 1 amide bonds. The first-order valence-electron chi connectivity index (χ1n) is 5.09. The minimum atomic E-state index is -0.265. The molecule has 7 nitrogen and oxygen atoms in total. The number of nitrogens with one attached hydrogen (secondary N) is 1. The van der Waals surface area contributed by atoms with Gasteiger partial charge in [0.2, 0.25) is 0 Å². The van der Waals surface area contributed by atoms with Crippen LogP contribution in [-0.2, 0) is 0 Å². The zero-order chi connectivity index (χ0) is 13.1. The highest BCUT2D eigenvalue weighted by Crippen LogP contribution is 2.17. The van der Waals surface area contributed by atoms with Gasteiger partial charge in [-0.3, -0.25) is 4.79 Å². The predicted octanol–water partition coefficient (Wildman–Crippen LogP) is 0.0808. The summed E-state index contributed by atoms with van der Waals surface area (Å²) in [6.07, 6.45) is 1.36. The molecule has 0 saturated heterocycles. The molecule has 1 aromatic carbocycles. The molecule has 2 rings (SSSR count). The lowest BCUT2D eigenvalue weighted by Crippen LogP contribution is -2.20. The van der Waals surface area contributed by atoms with E-state index in [1.54, 1.807) is 18.2 Å². The smallest absolute Gasteiger partial charge is 0.253 e. The normalized spacial score (nSPS) is 9.78. The maximum atomic E-state index is 11.7. The number of amides is 1. The molecule has 1 heterocycles. The first-order chi connectivity index (χ1) is 8.65. The van der Waals surface area contributed by atoms with Crippen molar-refractivity contribution in [2.45, 2.75) is 0 Å². The lowest BCUT2D eigenvalue weighted by atomic mass is 10.1. The van der Waals surface area contributed by atoms with Crippen LogP contribution in [-0.4, -0.2) is 27.7 Å². The molecule has 0 aliphatic heterocycles. The van der Waals surface area contributed by atoms with E-state index in [9.17, 15) is 4.79 Å². The third-order valence-corrected chi connectivity index (χ3v) is 2.33. The van der Waals surface area contributed by atoms with E-state index >= 15 is 0 Å². The Morgan fingerprint density at radius 2 is 2.33 bits per heavy atom. The first-order valence-corrected chi connectivity index (χ1v) is 5.09. The number of anilines is 1. The number of nitriles is 1. The summed E-state index contributed by atoms with van der Waals surface area (Å²) in [7, 11) is 1.53. The quantitative estimate of drug-likeness (QED) is 0.725. The summed E-state index contributed by atoms with van der Waals surface area (Å²) in [5, 5.41) is 15.1. The van der Waals surface area contributed by atoms with Crippen molar-refractivity contribution >= 4 is 11.6 Å². The van der Waals surface area contributed by atoms with Gasteiger partial charge in [0, 0.05) is 12.7 Å². The molecule has 7 heteroatoms. The van der Waals surface area contributed by atoms with Crippen LogP contribution in [0, 0.1) is 11.3 Å². The topological polar surface area (TPSA) is 110 Å². The Labute approximate surface area is 103 Å². The summed E-state index contributed by atoms with van der Waals surface area (Å²) in [5.41, 5.74) is 7.06. The molecule has 90 valence electrons. The van der Waals surface area contributed by atoms with E-state index in [4.69, 9.17) is 11.0 Å². The molecule has 3 N–H and O–H groups in total. The number of hydrogen-bond acceptors (Lipinski definition) is 5. The van der Waals surface area contributed by atoms with Gasteiger partial charge in [0.05, 0.1) is 11.3 Å². The van der Waals surface area contributed by atoms with Gasteiger partial charge in [-0.2, -0.15) is 5.26 Å². The van der Waals surface area contributed by atoms with E-state index in [2.05, 4.69) is 15.4 Å². The van der Waals surface area contributed by atoms with Crippen molar-refractivity contribution in [1.29, 1.82) is 5.26 Å². The zero-order valence-corrected chi connectivity index (χ0v) is 9.58. The number of carbonyl (C=O) groups excluding carboxylic acids is 1. The lowest BCUT2D eigenvalue weighted by Gasteiger charge is -2.08. The number of benzene rings is 1. The number of nitrogens with zero attached hydrogens (tertiary/aromatic N) is 4. The fourth-order valence-corrected chi connectivity index (χ4v) is 1.50. The highest BCUT2D eigenvalue weighted by atomic mass is 16.1. The van der Waals surface area contributed by atoms with E-state index < -0.39 is 0 Å². The molecule has 0 radical (unpaired) electrons. The van der Waals surface area contributed by atoms with E-state index in [-0.39, 0.29) is 11.7 Å². The molecule has 0 atom stereocenters. The van der Waals surface area contributed by atoms with Gasteiger partial charge in [0.25, 0.3) is 11.7 Å². The summed E-state index contributed by atoms with van der Waals surface area (Å²) < 4.78 is 1.35. The van der Waals surface area contributed by atoms with Gasteiger partial charge < -0.3 is 11.1 Å². The molecular weight excluding hydrogens is 232 g/mol. The molecule has 0 spiro atoms.